The Kier molecular flexibility index (Phi) is 4.37. The summed E-state index contributed by atoms with van der Waals surface area (Å²) >= 11 is 0. The van der Waals surface area contributed by atoms with Crippen LogP contribution in [-0.4, -0.2) is 10.9 Å². The van der Waals surface area contributed by atoms with E-state index in [2.05, 4.69) is 10.3 Å². The number of hydrogen-bond donors (Lipinski definition) is 1. The van der Waals surface area contributed by atoms with Crippen LogP contribution >= 0.6 is 0 Å². The second kappa shape index (κ2) is 6.21. The summed E-state index contributed by atoms with van der Waals surface area (Å²) in [6.45, 7) is 0. The molecule has 0 aliphatic rings. The molecule has 1 N–H and O–H groups in total. The van der Waals surface area contributed by atoms with Crippen molar-refractivity contribution in [3.05, 3.63) is 66.0 Å². The Morgan fingerprint density at radius 2 is 2.00 bits per heavy atom. The number of anilines is 1. The molecule has 0 aliphatic heterocycles. The van der Waals surface area contributed by atoms with Crippen molar-refractivity contribution in [3.8, 4) is 0 Å². The number of aromatic nitrogens is 1. The van der Waals surface area contributed by atoms with Crippen LogP contribution in [0.5, 0.6) is 0 Å². The van der Waals surface area contributed by atoms with E-state index in [1.807, 2.05) is 0 Å². The van der Waals surface area contributed by atoms with Gasteiger partial charge in [0, 0.05) is 24.2 Å². The normalized spacial score (nSPS) is 11.6. The van der Waals surface area contributed by atoms with Crippen LogP contribution in [0.2, 0.25) is 0 Å². The molecule has 3 nitrogen and oxygen atoms in total. The minimum Gasteiger partial charge on any atom is -0.322 e. The number of amides is 1. The Bertz CT molecular complexity index is 651. The van der Waals surface area contributed by atoms with E-state index in [0.29, 0.717) is 0 Å². The molecule has 0 atom stereocenters. The van der Waals surface area contributed by atoms with Crippen LogP contribution < -0.4 is 5.32 Å². The zero-order chi connectivity index (χ0) is 15.3. The summed E-state index contributed by atoms with van der Waals surface area (Å²) in [5.74, 6) is -0.516. The maximum absolute atomic E-state index is 12.5. The van der Waals surface area contributed by atoms with E-state index in [-0.39, 0.29) is 5.69 Å². The first-order valence-corrected chi connectivity index (χ1v) is 6.01. The van der Waals surface area contributed by atoms with E-state index < -0.39 is 17.6 Å². The highest BCUT2D eigenvalue weighted by Crippen LogP contribution is 2.30. The molecule has 1 heterocycles. The van der Waals surface area contributed by atoms with Crippen molar-refractivity contribution >= 4 is 17.7 Å². The lowest BCUT2D eigenvalue weighted by Gasteiger charge is -2.08. The number of alkyl halides is 3. The minimum atomic E-state index is -4.44. The highest BCUT2D eigenvalue weighted by atomic mass is 19.4. The number of pyridine rings is 1. The fraction of sp³-hybridized carbons (Fsp3) is 0.0667. The van der Waals surface area contributed by atoms with Gasteiger partial charge in [0.05, 0.1) is 5.56 Å². The Morgan fingerprint density at radius 3 is 2.67 bits per heavy atom. The predicted octanol–water partition coefficient (Wildman–Crippen LogP) is 3.75. The van der Waals surface area contributed by atoms with Gasteiger partial charge in [-0.05, 0) is 35.9 Å². The largest absolute Gasteiger partial charge is 0.416 e. The van der Waals surface area contributed by atoms with Gasteiger partial charge in [-0.2, -0.15) is 13.2 Å². The molecule has 0 aliphatic carbocycles. The first-order chi connectivity index (χ1) is 9.95. The molecule has 0 fully saturated rings. The van der Waals surface area contributed by atoms with E-state index in [9.17, 15) is 18.0 Å². The van der Waals surface area contributed by atoms with Gasteiger partial charge in [0.15, 0.2) is 0 Å². The summed E-state index contributed by atoms with van der Waals surface area (Å²) in [6, 6.07) is 7.93. The summed E-state index contributed by atoms with van der Waals surface area (Å²) in [5.41, 5.74) is -0.00103. The second-order valence-electron chi connectivity index (χ2n) is 4.19. The van der Waals surface area contributed by atoms with Gasteiger partial charge in [-0.3, -0.25) is 9.78 Å². The average molecular weight is 292 g/mol. The van der Waals surface area contributed by atoms with Crippen LogP contribution in [0.3, 0.4) is 0 Å². The monoisotopic (exact) mass is 292 g/mol. The van der Waals surface area contributed by atoms with E-state index >= 15 is 0 Å². The molecular formula is C15H11F3N2O. The number of nitrogens with zero attached hydrogens (tertiary/aromatic N) is 1. The lowest BCUT2D eigenvalue weighted by atomic mass is 10.2. The molecule has 0 unspecified atom stereocenters. The first kappa shape index (κ1) is 14.8. The maximum Gasteiger partial charge on any atom is 0.416 e. The SMILES string of the molecule is O=C(/C=C/c1cccnc1)Nc1cccc(C(F)(F)F)c1. The topological polar surface area (TPSA) is 42.0 Å². The van der Waals surface area contributed by atoms with Gasteiger partial charge in [0.2, 0.25) is 5.91 Å². The Labute approximate surface area is 119 Å². The zero-order valence-electron chi connectivity index (χ0n) is 10.8. The molecule has 2 rings (SSSR count). The van der Waals surface area contributed by atoms with Crippen molar-refractivity contribution in [2.75, 3.05) is 5.32 Å². The fourth-order valence-electron chi connectivity index (χ4n) is 1.60. The van der Waals surface area contributed by atoms with Gasteiger partial charge in [-0.25, -0.2) is 0 Å². The van der Waals surface area contributed by atoms with Crippen molar-refractivity contribution < 1.29 is 18.0 Å². The summed E-state index contributed by atoms with van der Waals surface area (Å²) in [4.78, 5) is 15.5. The van der Waals surface area contributed by atoms with Crippen molar-refractivity contribution in [2.24, 2.45) is 0 Å². The van der Waals surface area contributed by atoms with Gasteiger partial charge in [0.25, 0.3) is 0 Å². The van der Waals surface area contributed by atoms with E-state index in [4.69, 9.17) is 0 Å². The fourth-order valence-corrected chi connectivity index (χ4v) is 1.60. The lowest BCUT2D eigenvalue weighted by molar-refractivity contribution is -0.137. The molecular weight excluding hydrogens is 281 g/mol. The van der Waals surface area contributed by atoms with Crippen LogP contribution in [0.4, 0.5) is 18.9 Å². The van der Waals surface area contributed by atoms with E-state index in [1.54, 1.807) is 24.5 Å². The van der Waals surface area contributed by atoms with Gasteiger partial charge < -0.3 is 5.32 Å². The lowest BCUT2D eigenvalue weighted by Crippen LogP contribution is -2.10. The van der Waals surface area contributed by atoms with E-state index in [1.165, 1.54) is 24.3 Å². The number of hydrogen-bond acceptors (Lipinski definition) is 2. The zero-order valence-corrected chi connectivity index (χ0v) is 10.8. The molecule has 6 heteroatoms. The predicted molar refractivity (Wildman–Crippen MR) is 73.3 cm³/mol. The number of halogens is 3. The van der Waals surface area contributed by atoms with Crippen LogP contribution in [0, 0.1) is 0 Å². The Hall–Kier alpha value is -2.63. The maximum atomic E-state index is 12.5. The van der Waals surface area contributed by atoms with Gasteiger partial charge in [-0.15, -0.1) is 0 Å². The third-order valence-electron chi connectivity index (χ3n) is 2.57. The number of carbonyl (C=O) groups excluding carboxylic acids is 1. The van der Waals surface area contributed by atoms with Crippen LogP contribution in [0.15, 0.2) is 54.9 Å². The molecule has 1 aromatic carbocycles. The van der Waals surface area contributed by atoms with E-state index in [0.717, 1.165) is 17.7 Å². The van der Waals surface area contributed by atoms with Crippen molar-refractivity contribution in [1.82, 2.24) is 4.98 Å². The Morgan fingerprint density at radius 1 is 1.19 bits per heavy atom. The van der Waals surface area contributed by atoms with Crippen molar-refractivity contribution in [2.45, 2.75) is 6.18 Å². The number of nitrogens with one attached hydrogen (secondary N) is 1. The summed E-state index contributed by atoms with van der Waals surface area (Å²) in [6.07, 6.45) is 1.48. The van der Waals surface area contributed by atoms with Gasteiger partial charge in [-0.1, -0.05) is 12.1 Å². The van der Waals surface area contributed by atoms with Crippen molar-refractivity contribution in [1.29, 1.82) is 0 Å². The molecule has 0 saturated carbocycles. The molecule has 0 bridgehead atoms. The summed E-state index contributed by atoms with van der Waals surface area (Å²) in [5, 5.41) is 2.38. The molecule has 1 amide bonds. The average Bonchev–Trinajstić information content (AvgIpc) is 2.46. The second-order valence-corrected chi connectivity index (χ2v) is 4.19. The molecule has 0 radical (unpaired) electrons. The third-order valence-corrected chi connectivity index (χ3v) is 2.57. The molecule has 0 saturated heterocycles. The molecule has 0 spiro atoms. The molecule has 21 heavy (non-hydrogen) atoms. The third kappa shape index (κ3) is 4.45. The molecule has 108 valence electrons. The van der Waals surface area contributed by atoms with Gasteiger partial charge in [0.1, 0.15) is 0 Å². The number of carbonyl (C=O) groups is 1. The highest BCUT2D eigenvalue weighted by molar-refractivity contribution is 6.01. The van der Waals surface area contributed by atoms with Gasteiger partial charge >= 0.3 is 6.18 Å². The molecule has 1 aromatic heterocycles. The smallest absolute Gasteiger partial charge is 0.322 e. The first-order valence-electron chi connectivity index (χ1n) is 6.01. The minimum absolute atomic E-state index is 0.0886. The quantitative estimate of drug-likeness (QED) is 0.875. The summed E-state index contributed by atoms with van der Waals surface area (Å²) in [7, 11) is 0. The number of benzene rings is 1. The molecule has 2 aromatic rings. The van der Waals surface area contributed by atoms with Crippen LogP contribution in [0.1, 0.15) is 11.1 Å². The van der Waals surface area contributed by atoms with Crippen LogP contribution in [0.25, 0.3) is 6.08 Å². The van der Waals surface area contributed by atoms with Crippen LogP contribution in [-0.2, 0) is 11.0 Å². The van der Waals surface area contributed by atoms with Crippen molar-refractivity contribution in [3.63, 3.8) is 0 Å². The number of rotatable bonds is 3. The Balaban J connectivity index is 2.05. The highest BCUT2D eigenvalue weighted by Gasteiger charge is 2.30. The standard InChI is InChI=1S/C15H11F3N2O/c16-15(17,18)12-4-1-5-13(9-12)20-14(21)7-6-11-3-2-8-19-10-11/h1-10H,(H,20,21)/b7-6+. The summed E-state index contributed by atoms with van der Waals surface area (Å²) < 4.78 is 37.6.